The van der Waals surface area contributed by atoms with Crippen molar-refractivity contribution in [3.8, 4) is 28.5 Å². The molecule has 0 aliphatic heterocycles. The first-order valence-electron chi connectivity index (χ1n) is 12.9. The number of nitrogens with two attached hydrogens (primary N) is 1. The summed E-state index contributed by atoms with van der Waals surface area (Å²) in [5.41, 5.74) is 7.58. The molecule has 1 atom stereocenters. The summed E-state index contributed by atoms with van der Waals surface area (Å²) < 4.78 is 19.4. The molecule has 40 heavy (non-hydrogen) atoms. The summed E-state index contributed by atoms with van der Waals surface area (Å²) in [7, 11) is -2.14. The zero-order valence-corrected chi connectivity index (χ0v) is 27.1. The van der Waals surface area contributed by atoms with Gasteiger partial charge in [-0.05, 0) is 50.2 Å². The van der Waals surface area contributed by atoms with Crippen LogP contribution in [0.4, 0.5) is 4.79 Å². The fraction of sp³-hybridized carbons (Fsp3) is 0.481. The van der Waals surface area contributed by atoms with Gasteiger partial charge in [-0.3, -0.25) is 4.68 Å². The summed E-state index contributed by atoms with van der Waals surface area (Å²) in [4.78, 5) is 20.4. The maximum absolute atomic E-state index is 11.1. The summed E-state index contributed by atoms with van der Waals surface area (Å²) in [6, 6.07) is 5.23. The minimum absolute atomic E-state index is 0.0148. The molecule has 0 aliphatic rings. The average Bonchev–Trinajstić information content (AvgIpc) is 3.24. The fourth-order valence-corrected chi connectivity index (χ4v) is 5.67. The van der Waals surface area contributed by atoms with Crippen LogP contribution in [-0.4, -0.2) is 53.5 Å². The predicted molar refractivity (Wildman–Crippen MR) is 162 cm³/mol. The van der Waals surface area contributed by atoms with E-state index in [1.807, 2.05) is 13.8 Å². The number of carbonyl (C=O) groups is 1. The molecule has 0 fully saturated rings. The van der Waals surface area contributed by atoms with Gasteiger partial charge in [-0.15, -0.1) is 0 Å². The maximum Gasteiger partial charge on any atom is 0.404 e. The van der Waals surface area contributed by atoms with Gasteiger partial charge < -0.3 is 19.6 Å². The van der Waals surface area contributed by atoms with Crippen molar-refractivity contribution in [2.24, 2.45) is 5.73 Å². The van der Waals surface area contributed by atoms with E-state index in [1.54, 1.807) is 29.1 Å². The molecule has 0 saturated heterocycles. The Kier molecular flexibility index (Phi) is 10.5. The van der Waals surface area contributed by atoms with Gasteiger partial charge in [0.05, 0.1) is 34.6 Å². The highest BCUT2D eigenvalue weighted by Gasteiger charge is 2.39. The van der Waals surface area contributed by atoms with Gasteiger partial charge in [-0.1, -0.05) is 55.6 Å². The first kappa shape index (κ1) is 32.1. The molecule has 0 bridgehead atoms. The van der Waals surface area contributed by atoms with Crippen LogP contribution in [-0.2, 0) is 15.7 Å². The molecule has 2 aromatic heterocycles. The second-order valence-corrected chi connectivity index (χ2v) is 16.8. The Hall–Kier alpha value is -2.37. The van der Waals surface area contributed by atoms with Crippen LogP contribution in [0.3, 0.4) is 0 Å². The van der Waals surface area contributed by atoms with E-state index < -0.39 is 14.4 Å². The van der Waals surface area contributed by atoms with Gasteiger partial charge in [0.25, 0.3) is 0 Å². The van der Waals surface area contributed by atoms with E-state index >= 15 is 0 Å². The lowest BCUT2D eigenvalue weighted by Gasteiger charge is -2.39. The van der Waals surface area contributed by atoms with Crippen LogP contribution >= 0.6 is 34.8 Å². The Morgan fingerprint density at radius 1 is 1.15 bits per heavy atom. The van der Waals surface area contributed by atoms with E-state index in [-0.39, 0.29) is 29.5 Å². The molecule has 3 aromatic rings. The van der Waals surface area contributed by atoms with Gasteiger partial charge in [0.1, 0.15) is 23.2 Å². The predicted octanol–water partition coefficient (Wildman–Crippen LogP) is 7.55. The molecule has 9 nitrogen and oxygen atoms in total. The van der Waals surface area contributed by atoms with E-state index in [0.29, 0.717) is 57.1 Å². The Morgan fingerprint density at radius 3 is 2.48 bits per heavy atom. The third-order valence-corrected chi connectivity index (χ3v) is 12.5. The third-order valence-electron chi connectivity index (χ3n) is 6.97. The van der Waals surface area contributed by atoms with Gasteiger partial charge in [-0.25, -0.2) is 14.8 Å². The van der Waals surface area contributed by atoms with Crippen LogP contribution in [0.5, 0.6) is 5.75 Å². The van der Waals surface area contributed by atoms with Crippen molar-refractivity contribution < 1.29 is 18.7 Å². The lowest BCUT2D eigenvalue weighted by molar-refractivity contribution is 0.0810. The summed E-state index contributed by atoms with van der Waals surface area (Å²) in [6.45, 7) is 15.5. The highest BCUT2D eigenvalue weighted by molar-refractivity contribution is 6.74. The van der Waals surface area contributed by atoms with Crippen molar-refractivity contribution in [3.63, 3.8) is 0 Å². The number of aryl methyl sites for hydroxylation is 1. The third kappa shape index (κ3) is 7.67. The molecule has 0 aliphatic carbocycles. The molecule has 2 heterocycles. The minimum atomic E-state index is -2.14. The minimum Gasteiger partial charge on any atom is -0.491 e. The van der Waals surface area contributed by atoms with Crippen molar-refractivity contribution in [1.82, 2.24) is 19.7 Å². The zero-order valence-electron chi connectivity index (χ0n) is 23.8. The normalized spacial score (nSPS) is 12.8. The van der Waals surface area contributed by atoms with Crippen LogP contribution < -0.4 is 10.5 Å². The topological polar surface area (TPSA) is 114 Å². The molecule has 0 radical (unpaired) electrons. The molecule has 3 rings (SSSR count). The van der Waals surface area contributed by atoms with Gasteiger partial charge in [0, 0.05) is 24.1 Å². The lowest BCUT2D eigenvalue weighted by Crippen LogP contribution is -2.45. The number of aromatic nitrogens is 4. The molecule has 2 N–H and O–H groups in total. The number of hydrogen-bond donors (Lipinski definition) is 1. The molecule has 0 saturated carbocycles. The molecule has 1 aromatic carbocycles. The van der Waals surface area contributed by atoms with Gasteiger partial charge >= 0.3 is 6.09 Å². The number of nitrogens with zero attached hydrogens (tertiary/aromatic N) is 4. The largest absolute Gasteiger partial charge is 0.491 e. The highest BCUT2D eigenvalue weighted by Crippen LogP contribution is 2.38. The number of ether oxygens (including phenoxy) is 2. The average molecular weight is 629 g/mol. The summed E-state index contributed by atoms with van der Waals surface area (Å²) in [6.07, 6.45) is 0.858. The van der Waals surface area contributed by atoms with Crippen molar-refractivity contribution in [3.05, 3.63) is 45.2 Å². The second-order valence-electron chi connectivity index (χ2n) is 10.9. The SMILES string of the molecule is CCn1ncc(Cl)c1-c1nc(-c2cc(OC[C@@H](CCOC(N)=O)O[Si](C)(C)C(C)(C)C)ccc2Cl)nc(Cl)c1C. The van der Waals surface area contributed by atoms with E-state index in [2.05, 4.69) is 43.9 Å². The first-order valence-corrected chi connectivity index (χ1v) is 17.0. The van der Waals surface area contributed by atoms with Gasteiger partial charge in [0.2, 0.25) is 0 Å². The van der Waals surface area contributed by atoms with Crippen molar-refractivity contribution in [1.29, 1.82) is 0 Å². The van der Waals surface area contributed by atoms with E-state index in [1.165, 1.54) is 0 Å². The molecule has 0 unspecified atom stereocenters. The van der Waals surface area contributed by atoms with Crippen LogP contribution in [0, 0.1) is 6.92 Å². The lowest BCUT2D eigenvalue weighted by atomic mass is 10.1. The van der Waals surface area contributed by atoms with E-state index in [0.717, 1.165) is 0 Å². The second kappa shape index (κ2) is 13.1. The van der Waals surface area contributed by atoms with Crippen LogP contribution in [0.25, 0.3) is 22.8 Å². The van der Waals surface area contributed by atoms with Gasteiger partial charge in [0.15, 0.2) is 14.1 Å². The quantitative estimate of drug-likeness (QED) is 0.172. The van der Waals surface area contributed by atoms with Crippen LogP contribution in [0.1, 0.15) is 39.7 Å². The number of rotatable bonds is 11. The Morgan fingerprint density at radius 2 is 1.85 bits per heavy atom. The maximum atomic E-state index is 11.1. The molecular formula is C27H36Cl3N5O4Si. The molecule has 0 spiro atoms. The number of carbonyl (C=O) groups excluding carboxylic acids is 1. The van der Waals surface area contributed by atoms with E-state index in [9.17, 15) is 4.79 Å². The Labute approximate surface area is 251 Å². The number of hydrogen-bond acceptors (Lipinski definition) is 7. The Bertz CT molecular complexity index is 1360. The monoisotopic (exact) mass is 627 g/mol. The van der Waals surface area contributed by atoms with Crippen LogP contribution in [0.15, 0.2) is 24.4 Å². The number of primary amides is 1. The van der Waals surface area contributed by atoms with Crippen molar-refractivity contribution in [2.45, 2.75) is 71.8 Å². The zero-order chi connectivity index (χ0) is 29.8. The molecule has 1 amide bonds. The van der Waals surface area contributed by atoms with Crippen molar-refractivity contribution >= 4 is 49.2 Å². The number of amides is 1. The number of benzene rings is 1. The Balaban J connectivity index is 1.91. The molecule has 13 heteroatoms. The first-order chi connectivity index (χ1) is 18.6. The number of halogens is 3. The van der Waals surface area contributed by atoms with Gasteiger partial charge in [-0.2, -0.15) is 5.10 Å². The molecular weight excluding hydrogens is 593 g/mol. The highest BCUT2D eigenvalue weighted by atomic mass is 35.5. The summed E-state index contributed by atoms with van der Waals surface area (Å²) in [5, 5.41) is 5.47. The van der Waals surface area contributed by atoms with Crippen LogP contribution in [0.2, 0.25) is 33.3 Å². The van der Waals surface area contributed by atoms with Crippen molar-refractivity contribution in [2.75, 3.05) is 13.2 Å². The standard InChI is InChI=1S/C27H36Cl3N5O4Si/c1-8-35-23(21(29)14-32-35)22-16(2)24(30)34-25(33-22)19-13-17(9-10-20(19)28)38-15-18(11-12-37-26(31)36)39-40(6,7)27(3,4)5/h9-10,13-14,18H,8,11-12,15H2,1-7H3,(H2,31,36)/t18-/m1/s1. The summed E-state index contributed by atoms with van der Waals surface area (Å²) >= 11 is 19.6. The summed E-state index contributed by atoms with van der Waals surface area (Å²) in [5.74, 6) is 0.863. The smallest absolute Gasteiger partial charge is 0.404 e. The van der Waals surface area contributed by atoms with E-state index in [4.69, 9.17) is 59.4 Å². The fourth-order valence-electron chi connectivity index (χ4n) is 3.69. The molecule has 218 valence electrons.